The van der Waals surface area contributed by atoms with Crippen LogP contribution in [-0.4, -0.2) is 23.0 Å². The minimum absolute atomic E-state index is 0.213. The molecule has 0 unspecified atom stereocenters. The molecular formula is C21H17N3O3. The Hall–Kier alpha value is -3.67. The first kappa shape index (κ1) is 16.8. The van der Waals surface area contributed by atoms with Crippen LogP contribution in [0.3, 0.4) is 0 Å². The van der Waals surface area contributed by atoms with Crippen molar-refractivity contribution in [3.05, 3.63) is 82.4 Å². The zero-order valence-electron chi connectivity index (χ0n) is 14.7. The Kier molecular flexibility index (Phi) is 4.30. The van der Waals surface area contributed by atoms with E-state index in [0.717, 1.165) is 22.1 Å². The van der Waals surface area contributed by atoms with Crippen molar-refractivity contribution in [3.63, 3.8) is 0 Å². The average Bonchev–Trinajstić information content (AvgIpc) is 2.72. The van der Waals surface area contributed by atoms with Crippen LogP contribution in [0, 0.1) is 0 Å². The van der Waals surface area contributed by atoms with Gasteiger partial charge in [-0.15, -0.1) is 0 Å². The third-order valence-electron chi connectivity index (χ3n) is 4.47. The molecule has 0 radical (unpaired) electrons. The Bertz CT molecular complexity index is 1210. The number of benzene rings is 2. The number of carbonyl (C=O) groups is 1. The number of aromatic amines is 1. The SMILES string of the molecule is COc1cccc(CNC(=O)c2ccc3c(c2)[nH]c(=O)c2cnccc23)c1. The lowest BCUT2D eigenvalue weighted by molar-refractivity contribution is 0.0951. The summed E-state index contributed by atoms with van der Waals surface area (Å²) in [6.45, 7) is 0.383. The van der Waals surface area contributed by atoms with E-state index in [1.54, 1.807) is 37.7 Å². The summed E-state index contributed by atoms with van der Waals surface area (Å²) >= 11 is 0. The average molecular weight is 359 g/mol. The maximum absolute atomic E-state index is 12.5. The van der Waals surface area contributed by atoms with Crippen LogP contribution in [0.4, 0.5) is 0 Å². The molecule has 0 saturated carbocycles. The van der Waals surface area contributed by atoms with Crippen molar-refractivity contribution in [1.82, 2.24) is 15.3 Å². The molecule has 0 aliphatic carbocycles. The molecule has 2 aromatic carbocycles. The van der Waals surface area contributed by atoms with E-state index < -0.39 is 0 Å². The van der Waals surface area contributed by atoms with Gasteiger partial charge in [-0.3, -0.25) is 14.6 Å². The highest BCUT2D eigenvalue weighted by atomic mass is 16.5. The number of hydrogen-bond donors (Lipinski definition) is 2. The molecule has 0 atom stereocenters. The molecule has 4 aromatic rings. The van der Waals surface area contributed by atoms with E-state index in [4.69, 9.17) is 4.74 Å². The van der Waals surface area contributed by atoms with E-state index in [1.165, 1.54) is 0 Å². The van der Waals surface area contributed by atoms with Crippen molar-refractivity contribution in [2.75, 3.05) is 7.11 Å². The van der Waals surface area contributed by atoms with Gasteiger partial charge in [0.15, 0.2) is 0 Å². The van der Waals surface area contributed by atoms with Crippen molar-refractivity contribution in [2.45, 2.75) is 6.54 Å². The van der Waals surface area contributed by atoms with Crippen LogP contribution >= 0.6 is 0 Å². The fraction of sp³-hybridized carbons (Fsp3) is 0.0952. The summed E-state index contributed by atoms with van der Waals surface area (Å²) in [5.41, 5.74) is 1.82. The lowest BCUT2D eigenvalue weighted by Gasteiger charge is -2.09. The Labute approximate surface area is 154 Å². The fourth-order valence-electron chi connectivity index (χ4n) is 3.09. The second-order valence-electron chi connectivity index (χ2n) is 6.17. The molecule has 2 aromatic heterocycles. The summed E-state index contributed by atoms with van der Waals surface area (Å²) in [4.78, 5) is 31.6. The van der Waals surface area contributed by atoms with E-state index >= 15 is 0 Å². The number of aromatic nitrogens is 2. The summed E-state index contributed by atoms with van der Waals surface area (Å²) in [6.07, 6.45) is 3.19. The maximum atomic E-state index is 12.5. The van der Waals surface area contributed by atoms with Crippen molar-refractivity contribution < 1.29 is 9.53 Å². The van der Waals surface area contributed by atoms with Gasteiger partial charge in [-0.2, -0.15) is 0 Å². The minimum Gasteiger partial charge on any atom is -0.497 e. The lowest BCUT2D eigenvalue weighted by atomic mass is 10.1. The fourth-order valence-corrected chi connectivity index (χ4v) is 3.09. The standard InChI is InChI=1S/C21H17N3O3/c1-27-15-4-2-3-13(9-15)11-23-20(25)14-5-6-17-16-7-8-22-12-18(16)21(26)24-19(17)10-14/h2-10,12H,11H2,1H3,(H,23,25)(H,24,26). The van der Waals surface area contributed by atoms with Crippen molar-refractivity contribution in [2.24, 2.45) is 0 Å². The highest BCUT2D eigenvalue weighted by molar-refractivity contribution is 6.07. The Morgan fingerprint density at radius 3 is 2.85 bits per heavy atom. The van der Waals surface area contributed by atoms with Gasteiger partial charge in [0.2, 0.25) is 0 Å². The van der Waals surface area contributed by atoms with Gasteiger partial charge in [0.1, 0.15) is 5.75 Å². The number of H-pyrrole nitrogens is 1. The molecule has 6 heteroatoms. The van der Waals surface area contributed by atoms with E-state index in [0.29, 0.717) is 23.0 Å². The number of ether oxygens (including phenoxy) is 1. The molecular weight excluding hydrogens is 342 g/mol. The molecule has 0 aliphatic rings. The zero-order valence-corrected chi connectivity index (χ0v) is 14.7. The van der Waals surface area contributed by atoms with E-state index in [1.807, 2.05) is 30.3 Å². The third-order valence-corrected chi connectivity index (χ3v) is 4.47. The molecule has 0 saturated heterocycles. The van der Waals surface area contributed by atoms with Gasteiger partial charge in [0.05, 0.1) is 12.5 Å². The summed E-state index contributed by atoms with van der Waals surface area (Å²) < 4.78 is 5.19. The second-order valence-corrected chi connectivity index (χ2v) is 6.17. The number of hydrogen-bond acceptors (Lipinski definition) is 4. The highest BCUT2D eigenvalue weighted by Gasteiger charge is 2.10. The number of nitrogens with one attached hydrogen (secondary N) is 2. The van der Waals surface area contributed by atoms with Gasteiger partial charge in [-0.1, -0.05) is 18.2 Å². The quantitative estimate of drug-likeness (QED) is 0.549. The van der Waals surface area contributed by atoms with E-state index in [2.05, 4.69) is 15.3 Å². The first-order valence-corrected chi connectivity index (χ1v) is 8.46. The number of nitrogens with zero attached hydrogens (tertiary/aromatic N) is 1. The van der Waals surface area contributed by atoms with Crippen LogP contribution < -0.4 is 15.6 Å². The molecule has 0 aliphatic heterocycles. The second kappa shape index (κ2) is 6.92. The Morgan fingerprint density at radius 1 is 1.11 bits per heavy atom. The van der Waals surface area contributed by atoms with Crippen LogP contribution in [0.2, 0.25) is 0 Å². The monoisotopic (exact) mass is 359 g/mol. The molecule has 0 fully saturated rings. The van der Waals surface area contributed by atoms with Crippen molar-refractivity contribution in [3.8, 4) is 5.75 Å². The van der Waals surface area contributed by atoms with Gasteiger partial charge in [-0.05, 0) is 41.3 Å². The van der Waals surface area contributed by atoms with Crippen LogP contribution in [-0.2, 0) is 6.54 Å². The molecule has 2 N–H and O–H groups in total. The summed E-state index contributed by atoms with van der Waals surface area (Å²) in [7, 11) is 1.60. The number of fused-ring (bicyclic) bond motifs is 3. The molecule has 0 bridgehead atoms. The summed E-state index contributed by atoms with van der Waals surface area (Å²) in [6, 6.07) is 14.6. The molecule has 1 amide bonds. The summed E-state index contributed by atoms with van der Waals surface area (Å²) in [5.74, 6) is 0.529. The number of methoxy groups -OCH3 is 1. The predicted octanol–water partition coefficient (Wildman–Crippen LogP) is 3.01. The number of carbonyl (C=O) groups excluding carboxylic acids is 1. The van der Waals surface area contributed by atoms with Gasteiger partial charge >= 0.3 is 0 Å². The molecule has 134 valence electrons. The zero-order chi connectivity index (χ0) is 18.8. The normalized spacial score (nSPS) is 10.9. The van der Waals surface area contributed by atoms with E-state index in [-0.39, 0.29) is 11.5 Å². The van der Waals surface area contributed by atoms with E-state index in [9.17, 15) is 9.59 Å². The maximum Gasteiger partial charge on any atom is 0.257 e. The van der Waals surface area contributed by atoms with Gasteiger partial charge in [-0.25, -0.2) is 0 Å². The summed E-state index contributed by atoms with van der Waals surface area (Å²) in [5, 5.41) is 5.10. The van der Waals surface area contributed by atoms with Crippen LogP contribution in [0.1, 0.15) is 15.9 Å². The molecule has 27 heavy (non-hydrogen) atoms. The number of rotatable bonds is 4. The van der Waals surface area contributed by atoms with Crippen molar-refractivity contribution in [1.29, 1.82) is 0 Å². The highest BCUT2D eigenvalue weighted by Crippen LogP contribution is 2.21. The van der Waals surface area contributed by atoms with Gasteiger partial charge in [0.25, 0.3) is 11.5 Å². The smallest absolute Gasteiger partial charge is 0.257 e. The topological polar surface area (TPSA) is 84.1 Å². The molecule has 0 spiro atoms. The number of amides is 1. The molecule has 2 heterocycles. The van der Waals surface area contributed by atoms with Crippen LogP contribution in [0.5, 0.6) is 5.75 Å². The predicted molar refractivity (Wildman–Crippen MR) is 104 cm³/mol. The third kappa shape index (κ3) is 3.25. The Morgan fingerprint density at radius 2 is 2.00 bits per heavy atom. The largest absolute Gasteiger partial charge is 0.497 e. The minimum atomic E-state index is -0.223. The Balaban J connectivity index is 1.62. The lowest BCUT2D eigenvalue weighted by Crippen LogP contribution is -2.22. The van der Waals surface area contributed by atoms with Gasteiger partial charge in [0, 0.05) is 35.4 Å². The first-order chi connectivity index (χ1) is 13.2. The van der Waals surface area contributed by atoms with Crippen LogP contribution in [0.25, 0.3) is 21.7 Å². The van der Waals surface area contributed by atoms with Crippen LogP contribution in [0.15, 0.2) is 65.7 Å². The molecule has 4 rings (SSSR count). The molecule has 6 nitrogen and oxygen atoms in total. The van der Waals surface area contributed by atoms with Gasteiger partial charge < -0.3 is 15.0 Å². The van der Waals surface area contributed by atoms with Crippen molar-refractivity contribution >= 4 is 27.6 Å². The number of pyridine rings is 2. The first-order valence-electron chi connectivity index (χ1n) is 8.46.